The number of nitrogens with zero attached hydrogens (tertiary/aromatic N) is 4. The highest BCUT2D eigenvalue weighted by Crippen LogP contribution is 2.16. The lowest BCUT2D eigenvalue weighted by Gasteiger charge is -2.11. The van der Waals surface area contributed by atoms with Crippen molar-refractivity contribution in [3.05, 3.63) is 6.33 Å². The van der Waals surface area contributed by atoms with Gasteiger partial charge in [0.1, 0.15) is 5.52 Å². The number of anilines is 2. The van der Waals surface area contributed by atoms with Crippen molar-refractivity contribution in [1.82, 2.24) is 24.8 Å². The largest absolute Gasteiger partial charge is 0.368 e. The first-order valence-corrected chi connectivity index (χ1v) is 4.98. The van der Waals surface area contributed by atoms with Gasteiger partial charge in [0, 0.05) is 14.1 Å². The average Bonchev–Trinajstić information content (AvgIpc) is 2.72. The van der Waals surface area contributed by atoms with Gasteiger partial charge >= 0.3 is 0 Å². The number of carbonyl (C=O) groups is 1. The fraction of sp³-hybridized carbons (Fsp3) is 0.333. The number of imidazole rings is 1. The van der Waals surface area contributed by atoms with Gasteiger partial charge < -0.3 is 20.9 Å². The molecule has 8 heteroatoms. The van der Waals surface area contributed by atoms with Gasteiger partial charge in [-0.05, 0) is 0 Å². The van der Waals surface area contributed by atoms with Crippen LogP contribution in [0.1, 0.15) is 0 Å². The molecule has 8 nitrogen and oxygen atoms in total. The average molecular weight is 235 g/mol. The molecule has 0 saturated carbocycles. The Labute approximate surface area is 97.3 Å². The van der Waals surface area contributed by atoms with E-state index in [4.69, 9.17) is 5.73 Å². The highest BCUT2D eigenvalue weighted by atomic mass is 16.2. The quantitative estimate of drug-likeness (QED) is 0.657. The summed E-state index contributed by atoms with van der Waals surface area (Å²) in [5.41, 5.74) is 6.64. The Bertz CT molecular complexity index is 547. The number of carbonyl (C=O) groups excluding carboxylic acids is 1. The van der Waals surface area contributed by atoms with E-state index in [1.54, 1.807) is 14.1 Å². The second kappa shape index (κ2) is 4.24. The predicted molar refractivity (Wildman–Crippen MR) is 63.3 cm³/mol. The second-order valence-electron chi connectivity index (χ2n) is 3.67. The van der Waals surface area contributed by atoms with Crippen LogP contribution in [0.15, 0.2) is 6.33 Å². The van der Waals surface area contributed by atoms with Gasteiger partial charge in [-0.3, -0.25) is 4.79 Å². The van der Waals surface area contributed by atoms with Gasteiger partial charge in [0.2, 0.25) is 11.9 Å². The third kappa shape index (κ3) is 2.25. The Morgan fingerprint density at radius 2 is 2.29 bits per heavy atom. The summed E-state index contributed by atoms with van der Waals surface area (Å²) in [5.74, 6) is 0.527. The monoisotopic (exact) mass is 235 g/mol. The molecule has 0 aliphatic heterocycles. The molecule has 0 aromatic carbocycles. The van der Waals surface area contributed by atoms with Crippen LogP contribution in [-0.2, 0) is 4.79 Å². The first kappa shape index (κ1) is 11.1. The zero-order valence-corrected chi connectivity index (χ0v) is 9.56. The smallest absolute Gasteiger partial charge is 0.241 e. The molecule has 0 bridgehead atoms. The van der Waals surface area contributed by atoms with E-state index in [0.29, 0.717) is 17.0 Å². The summed E-state index contributed by atoms with van der Waals surface area (Å²) in [6.45, 7) is 0.136. The zero-order chi connectivity index (χ0) is 12.4. The lowest BCUT2D eigenvalue weighted by molar-refractivity contribution is -0.126. The zero-order valence-electron chi connectivity index (χ0n) is 9.56. The molecule has 17 heavy (non-hydrogen) atoms. The number of nitrogen functional groups attached to an aromatic ring is 1. The van der Waals surface area contributed by atoms with Crippen LogP contribution in [-0.4, -0.2) is 51.4 Å². The van der Waals surface area contributed by atoms with Crippen molar-refractivity contribution in [3.63, 3.8) is 0 Å². The van der Waals surface area contributed by atoms with Crippen LogP contribution in [0, 0.1) is 0 Å². The van der Waals surface area contributed by atoms with Crippen molar-refractivity contribution < 1.29 is 4.79 Å². The van der Waals surface area contributed by atoms with Crippen molar-refractivity contribution >= 4 is 28.8 Å². The molecule has 0 aliphatic carbocycles. The Morgan fingerprint density at radius 3 is 3.00 bits per heavy atom. The maximum absolute atomic E-state index is 11.4. The third-order valence-corrected chi connectivity index (χ3v) is 2.21. The molecule has 0 radical (unpaired) electrons. The molecule has 2 aromatic rings. The van der Waals surface area contributed by atoms with Gasteiger partial charge in [-0.15, -0.1) is 0 Å². The SMILES string of the molecule is CN(C)C(=O)CNc1nc(N)nc2nc[nH]c12. The fourth-order valence-electron chi connectivity index (χ4n) is 1.30. The summed E-state index contributed by atoms with van der Waals surface area (Å²) in [6, 6.07) is 0. The number of nitrogens with one attached hydrogen (secondary N) is 2. The van der Waals surface area contributed by atoms with E-state index >= 15 is 0 Å². The molecule has 90 valence electrons. The summed E-state index contributed by atoms with van der Waals surface area (Å²) in [4.78, 5) is 27.8. The molecule has 1 amide bonds. The van der Waals surface area contributed by atoms with Crippen LogP contribution < -0.4 is 11.1 Å². The van der Waals surface area contributed by atoms with Gasteiger partial charge in [-0.25, -0.2) is 4.98 Å². The number of aromatic amines is 1. The van der Waals surface area contributed by atoms with Crippen LogP contribution in [0.4, 0.5) is 11.8 Å². The normalized spacial score (nSPS) is 10.5. The standard InChI is InChI=1S/C9H13N7O/c1-16(2)5(17)3-11-7-6-8(13-4-12-6)15-9(10)14-7/h4H,3H2,1-2H3,(H4,10,11,12,13,14,15). The highest BCUT2D eigenvalue weighted by Gasteiger charge is 2.10. The molecule has 0 unspecified atom stereocenters. The van der Waals surface area contributed by atoms with E-state index in [1.807, 2.05) is 0 Å². The van der Waals surface area contributed by atoms with Gasteiger partial charge in [-0.2, -0.15) is 9.97 Å². The summed E-state index contributed by atoms with van der Waals surface area (Å²) < 4.78 is 0. The Kier molecular flexibility index (Phi) is 2.77. The number of aromatic nitrogens is 4. The van der Waals surface area contributed by atoms with Crippen molar-refractivity contribution in [3.8, 4) is 0 Å². The maximum Gasteiger partial charge on any atom is 0.241 e. The molecule has 2 rings (SSSR count). The molecule has 0 aliphatic rings. The molecule has 0 fully saturated rings. The molecule has 0 atom stereocenters. The Balaban J connectivity index is 2.23. The highest BCUT2D eigenvalue weighted by molar-refractivity contribution is 5.86. The number of likely N-dealkylation sites (N-methyl/N-ethyl adjacent to an activating group) is 1. The maximum atomic E-state index is 11.4. The lowest BCUT2D eigenvalue weighted by Crippen LogP contribution is -2.29. The summed E-state index contributed by atoms with van der Waals surface area (Å²) in [5, 5.41) is 2.90. The van der Waals surface area contributed by atoms with E-state index in [1.165, 1.54) is 11.2 Å². The van der Waals surface area contributed by atoms with Gasteiger partial charge in [0.25, 0.3) is 0 Å². The molecular formula is C9H13N7O. The fourth-order valence-corrected chi connectivity index (χ4v) is 1.30. The second-order valence-corrected chi connectivity index (χ2v) is 3.67. The molecule has 4 N–H and O–H groups in total. The van der Waals surface area contributed by atoms with Gasteiger partial charge in [0.15, 0.2) is 11.5 Å². The number of rotatable bonds is 3. The number of H-pyrrole nitrogens is 1. The summed E-state index contributed by atoms with van der Waals surface area (Å²) in [6.07, 6.45) is 1.50. The molecule has 0 saturated heterocycles. The molecule has 2 heterocycles. The van der Waals surface area contributed by atoms with Crippen LogP contribution >= 0.6 is 0 Å². The minimum absolute atomic E-state index is 0.0603. The number of fused-ring (bicyclic) bond motifs is 1. The molecular weight excluding hydrogens is 222 g/mol. The van der Waals surface area contributed by atoms with Gasteiger partial charge in [-0.1, -0.05) is 0 Å². The number of amides is 1. The van der Waals surface area contributed by atoms with Crippen molar-refractivity contribution in [2.24, 2.45) is 0 Å². The van der Waals surface area contributed by atoms with Crippen LogP contribution in [0.25, 0.3) is 11.2 Å². The van der Waals surface area contributed by atoms with E-state index in [2.05, 4.69) is 25.3 Å². The Hall–Kier alpha value is -2.38. The van der Waals surface area contributed by atoms with Crippen LogP contribution in [0.3, 0.4) is 0 Å². The third-order valence-electron chi connectivity index (χ3n) is 2.21. The van der Waals surface area contributed by atoms with Crippen LogP contribution in [0.5, 0.6) is 0 Å². The number of hydrogen-bond donors (Lipinski definition) is 3. The van der Waals surface area contributed by atoms with E-state index in [9.17, 15) is 4.79 Å². The number of nitrogens with two attached hydrogens (primary N) is 1. The topological polar surface area (TPSA) is 113 Å². The van der Waals surface area contributed by atoms with E-state index in [-0.39, 0.29) is 18.4 Å². The van der Waals surface area contributed by atoms with Crippen molar-refractivity contribution in [1.29, 1.82) is 0 Å². The van der Waals surface area contributed by atoms with Gasteiger partial charge in [0.05, 0.1) is 12.9 Å². The summed E-state index contributed by atoms with van der Waals surface area (Å²) in [7, 11) is 3.37. The molecule has 0 spiro atoms. The summed E-state index contributed by atoms with van der Waals surface area (Å²) >= 11 is 0. The van der Waals surface area contributed by atoms with E-state index in [0.717, 1.165) is 0 Å². The number of hydrogen-bond acceptors (Lipinski definition) is 6. The minimum atomic E-state index is -0.0603. The van der Waals surface area contributed by atoms with Crippen molar-refractivity contribution in [2.75, 3.05) is 31.7 Å². The first-order chi connectivity index (χ1) is 8.08. The first-order valence-electron chi connectivity index (χ1n) is 4.98. The predicted octanol–water partition coefficient (Wildman–Crippen LogP) is -0.565. The minimum Gasteiger partial charge on any atom is -0.368 e. The van der Waals surface area contributed by atoms with Crippen LogP contribution in [0.2, 0.25) is 0 Å². The Morgan fingerprint density at radius 1 is 1.53 bits per heavy atom. The lowest BCUT2D eigenvalue weighted by atomic mass is 10.4. The van der Waals surface area contributed by atoms with E-state index < -0.39 is 0 Å². The molecule has 2 aromatic heterocycles. The van der Waals surface area contributed by atoms with Crippen molar-refractivity contribution in [2.45, 2.75) is 0 Å².